The van der Waals surface area contributed by atoms with E-state index >= 15 is 0 Å². The van der Waals surface area contributed by atoms with Gasteiger partial charge in [-0.1, -0.05) is 35.9 Å². The molecule has 3 heteroatoms. The zero-order valence-electron chi connectivity index (χ0n) is 11.6. The van der Waals surface area contributed by atoms with Crippen LogP contribution in [0.1, 0.15) is 46.7 Å². The minimum atomic E-state index is -0.536. The van der Waals surface area contributed by atoms with E-state index in [1.54, 1.807) is 6.07 Å². The number of benzene rings is 2. The highest BCUT2D eigenvalue weighted by Crippen LogP contribution is 2.34. The van der Waals surface area contributed by atoms with Gasteiger partial charge in [0.2, 0.25) is 0 Å². The van der Waals surface area contributed by atoms with Crippen LogP contribution in [0.3, 0.4) is 0 Å². The Hall–Kier alpha value is -1.67. The molecule has 0 bridgehead atoms. The highest BCUT2D eigenvalue weighted by atomic mass is 35.5. The van der Waals surface area contributed by atoms with Crippen molar-refractivity contribution in [3.05, 3.63) is 70.0 Å². The normalized spacial score (nSPS) is 17.3. The highest BCUT2D eigenvalue weighted by Gasteiger charge is 2.23. The van der Waals surface area contributed by atoms with E-state index in [-0.39, 0.29) is 16.7 Å². The SMILES string of the molecule is O=C(CC1CCCc2ccccc21)c1ccc(Cl)c(F)c1. The molecule has 3 rings (SSSR count). The van der Waals surface area contributed by atoms with E-state index in [2.05, 4.69) is 12.1 Å². The molecule has 0 aromatic heterocycles. The predicted molar refractivity (Wildman–Crippen MR) is 82.5 cm³/mol. The minimum absolute atomic E-state index is 0.0210. The molecular formula is C18H16ClFO. The Morgan fingerprint density at radius 1 is 1.24 bits per heavy atom. The van der Waals surface area contributed by atoms with Crippen LogP contribution in [-0.4, -0.2) is 5.78 Å². The Bertz CT molecular complexity index is 681. The van der Waals surface area contributed by atoms with Crippen LogP contribution in [0, 0.1) is 5.82 Å². The average molecular weight is 303 g/mol. The maximum Gasteiger partial charge on any atom is 0.163 e. The van der Waals surface area contributed by atoms with Crippen molar-refractivity contribution in [3.8, 4) is 0 Å². The van der Waals surface area contributed by atoms with Gasteiger partial charge in [0.25, 0.3) is 0 Å². The summed E-state index contributed by atoms with van der Waals surface area (Å²) in [5.74, 6) is -0.319. The van der Waals surface area contributed by atoms with Gasteiger partial charge in [-0.15, -0.1) is 0 Å². The lowest BCUT2D eigenvalue weighted by Gasteiger charge is -2.25. The van der Waals surface area contributed by atoms with Crippen molar-refractivity contribution < 1.29 is 9.18 Å². The Kier molecular flexibility index (Phi) is 4.07. The van der Waals surface area contributed by atoms with Crippen LogP contribution in [0.4, 0.5) is 4.39 Å². The molecule has 1 aliphatic rings. The molecule has 0 amide bonds. The number of carbonyl (C=O) groups is 1. The lowest BCUT2D eigenvalue weighted by Crippen LogP contribution is -2.14. The summed E-state index contributed by atoms with van der Waals surface area (Å²) < 4.78 is 13.5. The predicted octanol–water partition coefficient (Wildman–Crippen LogP) is 5.17. The summed E-state index contributed by atoms with van der Waals surface area (Å²) >= 11 is 5.66. The number of rotatable bonds is 3. The summed E-state index contributed by atoms with van der Waals surface area (Å²) in [6.07, 6.45) is 3.62. The minimum Gasteiger partial charge on any atom is -0.294 e. The first-order valence-corrected chi connectivity index (χ1v) is 7.59. The lowest BCUT2D eigenvalue weighted by molar-refractivity contribution is 0.0970. The second-order valence-corrected chi connectivity index (χ2v) is 5.95. The summed E-state index contributed by atoms with van der Waals surface area (Å²) in [6.45, 7) is 0. The number of fused-ring (bicyclic) bond motifs is 1. The maximum atomic E-state index is 13.5. The van der Waals surface area contributed by atoms with Crippen LogP contribution < -0.4 is 0 Å². The van der Waals surface area contributed by atoms with E-state index in [9.17, 15) is 9.18 Å². The van der Waals surface area contributed by atoms with Gasteiger partial charge in [0.15, 0.2) is 5.78 Å². The number of Topliss-reactive ketones (excluding diaryl/α,β-unsaturated/α-hetero) is 1. The molecule has 2 aromatic rings. The molecule has 0 fully saturated rings. The number of carbonyl (C=O) groups excluding carboxylic acids is 1. The average Bonchev–Trinajstić information content (AvgIpc) is 2.50. The first-order chi connectivity index (χ1) is 10.1. The van der Waals surface area contributed by atoms with Gasteiger partial charge in [-0.3, -0.25) is 4.79 Å². The van der Waals surface area contributed by atoms with Crippen LogP contribution in [-0.2, 0) is 6.42 Å². The van der Waals surface area contributed by atoms with Crippen molar-refractivity contribution >= 4 is 17.4 Å². The molecule has 0 saturated carbocycles. The zero-order chi connectivity index (χ0) is 14.8. The largest absolute Gasteiger partial charge is 0.294 e. The topological polar surface area (TPSA) is 17.1 Å². The molecule has 108 valence electrons. The summed E-state index contributed by atoms with van der Waals surface area (Å²) in [7, 11) is 0. The fourth-order valence-electron chi connectivity index (χ4n) is 3.08. The first-order valence-electron chi connectivity index (χ1n) is 7.21. The highest BCUT2D eigenvalue weighted by molar-refractivity contribution is 6.30. The van der Waals surface area contributed by atoms with Gasteiger partial charge < -0.3 is 0 Å². The molecule has 1 unspecified atom stereocenters. The van der Waals surface area contributed by atoms with Gasteiger partial charge in [0, 0.05) is 12.0 Å². The Morgan fingerprint density at radius 2 is 2.05 bits per heavy atom. The van der Waals surface area contributed by atoms with Gasteiger partial charge in [-0.2, -0.15) is 0 Å². The number of hydrogen-bond acceptors (Lipinski definition) is 1. The van der Waals surface area contributed by atoms with Crippen LogP contribution in [0.25, 0.3) is 0 Å². The van der Waals surface area contributed by atoms with Gasteiger partial charge in [0.05, 0.1) is 5.02 Å². The van der Waals surface area contributed by atoms with Crippen molar-refractivity contribution in [2.45, 2.75) is 31.6 Å². The maximum absolute atomic E-state index is 13.5. The number of hydrogen-bond donors (Lipinski definition) is 0. The molecule has 21 heavy (non-hydrogen) atoms. The Morgan fingerprint density at radius 3 is 2.86 bits per heavy atom. The summed E-state index contributed by atoms with van der Waals surface area (Å²) in [6, 6.07) is 12.6. The summed E-state index contributed by atoms with van der Waals surface area (Å²) in [5, 5.41) is 0.0505. The molecule has 0 spiro atoms. The molecule has 1 atom stereocenters. The van der Waals surface area contributed by atoms with Gasteiger partial charge in [-0.25, -0.2) is 4.39 Å². The van der Waals surface area contributed by atoms with Gasteiger partial charge in [0.1, 0.15) is 5.82 Å². The smallest absolute Gasteiger partial charge is 0.163 e. The third-order valence-electron chi connectivity index (χ3n) is 4.17. The van der Waals surface area contributed by atoms with Crippen LogP contribution in [0.15, 0.2) is 42.5 Å². The molecule has 1 nitrogen and oxygen atoms in total. The molecule has 0 saturated heterocycles. The monoisotopic (exact) mass is 302 g/mol. The second kappa shape index (κ2) is 5.98. The van der Waals surface area contributed by atoms with Gasteiger partial charge >= 0.3 is 0 Å². The molecule has 0 radical (unpaired) electrons. The molecule has 0 aliphatic heterocycles. The third-order valence-corrected chi connectivity index (χ3v) is 4.47. The number of aryl methyl sites for hydroxylation is 1. The molecule has 1 aliphatic carbocycles. The van der Waals surface area contributed by atoms with Crippen LogP contribution in [0.5, 0.6) is 0 Å². The fourth-order valence-corrected chi connectivity index (χ4v) is 3.20. The summed E-state index contributed by atoms with van der Waals surface area (Å²) in [5.41, 5.74) is 3.01. The van der Waals surface area contributed by atoms with Crippen molar-refractivity contribution in [1.82, 2.24) is 0 Å². The van der Waals surface area contributed by atoms with Crippen molar-refractivity contribution in [3.63, 3.8) is 0 Å². The van der Waals surface area contributed by atoms with E-state index in [1.807, 2.05) is 12.1 Å². The molecule has 0 N–H and O–H groups in total. The van der Waals surface area contributed by atoms with Crippen LogP contribution >= 0.6 is 11.6 Å². The van der Waals surface area contributed by atoms with E-state index in [1.165, 1.54) is 23.3 Å². The Balaban J connectivity index is 1.81. The van der Waals surface area contributed by atoms with Crippen LogP contribution in [0.2, 0.25) is 5.02 Å². The van der Waals surface area contributed by atoms with Gasteiger partial charge in [-0.05, 0) is 54.5 Å². The fraction of sp³-hybridized carbons (Fsp3) is 0.278. The van der Waals surface area contributed by atoms with E-state index in [4.69, 9.17) is 11.6 Å². The van der Waals surface area contributed by atoms with Crippen molar-refractivity contribution in [2.24, 2.45) is 0 Å². The number of halogens is 2. The number of ketones is 1. The molecular weight excluding hydrogens is 287 g/mol. The molecule has 2 aromatic carbocycles. The van der Waals surface area contributed by atoms with Crippen molar-refractivity contribution in [2.75, 3.05) is 0 Å². The van der Waals surface area contributed by atoms with E-state index in [0.717, 1.165) is 19.3 Å². The molecule has 0 heterocycles. The van der Waals surface area contributed by atoms with E-state index < -0.39 is 5.82 Å². The van der Waals surface area contributed by atoms with E-state index in [0.29, 0.717) is 12.0 Å². The standard InChI is InChI=1S/C18H16ClFO/c19-16-9-8-14(10-17(16)20)18(21)11-13-6-3-5-12-4-1-2-7-15(12)13/h1-2,4,7-10,13H,3,5-6,11H2. The zero-order valence-corrected chi connectivity index (χ0v) is 12.4. The third kappa shape index (κ3) is 3.01. The van der Waals surface area contributed by atoms with Crippen molar-refractivity contribution in [1.29, 1.82) is 0 Å². The lowest BCUT2D eigenvalue weighted by atomic mass is 9.79. The Labute approximate surface area is 128 Å². The second-order valence-electron chi connectivity index (χ2n) is 5.54. The first kappa shape index (κ1) is 14.3. The summed E-state index contributed by atoms with van der Waals surface area (Å²) in [4.78, 5) is 12.4. The quantitative estimate of drug-likeness (QED) is 0.715.